The zero-order valence-electron chi connectivity index (χ0n) is 11.0. The fourth-order valence-corrected chi connectivity index (χ4v) is 3.35. The van der Waals surface area contributed by atoms with E-state index in [1.807, 2.05) is 0 Å². The average molecular weight is 244 g/mol. The minimum absolute atomic E-state index is 0.516. The lowest BCUT2D eigenvalue weighted by Crippen LogP contribution is -2.32. The Hall–Kier alpha value is -1.34. The second-order valence-corrected chi connectivity index (χ2v) is 5.59. The third-order valence-electron chi connectivity index (χ3n) is 4.24. The molecule has 0 saturated carbocycles. The SMILES string of the molecule is CN1CCCC(c2nc(C#N)c3n2CCCC3)C1. The van der Waals surface area contributed by atoms with E-state index in [4.69, 9.17) is 0 Å². The Morgan fingerprint density at radius 2 is 2.17 bits per heavy atom. The molecule has 1 fully saturated rings. The number of likely N-dealkylation sites (tertiary alicyclic amines) is 1. The molecule has 2 aliphatic rings. The van der Waals surface area contributed by atoms with Crippen molar-refractivity contribution < 1.29 is 0 Å². The number of piperidine rings is 1. The van der Waals surface area contributed by atoms with Crippen molar-refractivity contribution in [3.63, 3.8) is 0 Å². The van der Waals surface area contributed by atoms with Gasteiger partial charge >= 0.3 is 0 Å². The second-order valence-electron chi connectivity index (χ2n) is 5.59. The first-order valence-electron chi connectivity index (χ1n) is 6.97. The third-order valence-corrected chi connectivity index (χ3v) is 4.24. The van der Waals surface area contributed by atoms with E-state index in [9.17, 15) is 5.26 Å². The van der Waals surface area contributed by atoms with E-state index < -0.39 is 0 Å². The summed E-state index contributed by atoms with van der Waals surface area (Å²) in [6.45, 7) is 3.33. The Morgan fingerprint density at radius 3 is 2.94 bits per heavy atom. The van der Waals surface area contributed by atoms with Crippen molar-refractivity contribution in [2.24, 2.45) is 0 Å². The Labute approximate surface area is 108 Å². The number of nitriles is 1. The molecular formula is C14H20N4. The molecule has 4 nitrogen and oxygen atoms in total. The van der Waals surface area contributed by atoms with Gasteiger partial charge in [-0.1, -0.05) is 0 Å². The molecule has 0 bridgehead atoms. The molecule has 4 heteroatoms. The van der Waals surface area contributed by atoms with E-state index in [1.165, 1.54) is 43.7 Å². The van der Waals surface area contributed by atoms with Gasteiger partial charge in [0.25, 0.3) is 0 Å². The standard InChI is InChI=1S/C14H20N4/c1-17-7-4-5-11(10-17)14-16-12(9-15)13-6-2-3-8-18(13)14/h11H,2-8,10H2,1H3. The zero-order chi connectivity index (χ0) is 12.5. The molecule has 1 atom stereocenters. The molecule has 96 valence electrons. The third kappa shape index (κ3) is 1.93. The smallest absolute Gasteiger partial charge is 0.161 e. The van der Waals surface area contributed by atoms with Crippen molar-refractivity contribution in [3.8, 4) is 6.07 Å². The normalized spacial score (nSPS) is 24.6. The Bertz CT molecular complexity index is 483. The van der Waals surface area contributed by atoms with E-state index in [2.05, 4.69) is 27.6 Å². The first-order valence-corrected chi connectivity index (χ1v) is 6.97. The van der Waals surface area contributed by atoms with Crippen molar-refractivity contribution in [1.82, 2.24) is 14.5 Å². The maximum atomic E-state index is 9.22. The number of aromatic nitrogens is 2. The molecule has 3 rings (SSSR count). The highest BCUT2D eigenvalue weighted by Crippen LogP contribution is 2.30. The van der Waals surface area contributed by atoms with Crippen molar-refractivity contribution in [3.05, 3.63) is 17.2 Å². The quantitative estimate of drug-likeness (QED) is 0.758. The van der Waals surface area contributed by atoms with Crippen LogP contribution in [0.15, 0.2) is 0 Å². The maximum Gasteiger partial charge on any atom is 0.161 e. The lowest BCUT2D eigenvalue weighted by atomic mass is 9.97. The summed E-state index contributed by atoms with van der Waals surface area (Å²) in [4.78, 5) is 7.02. The summed E-state index contributed by atoms with van der Waals surface area (Å²) in [6, 6.07) is 2.28. The molecule has 0 spiro atoms. The van der Waals surface area contributed by atoms with E-state index in [0.29, 0.717) is 11.6 Å². The molecule has 0 amide bonds. The number of hydrogen-bond donors (Lipinski definition) is 0. The first-order chi connectivity index (χ1) is 8.79. The van der Waals surface area contributed by atoms with Gasteiger partial charge in [0, 0.05) is 19.0 Å². The van der Waals surface area contributed by atoms with Crippen LogP contribution in [0.5, 0.6) is 0 Å². The van der Waals surface area contributed by atoms with Crippen LogP contribution >= 0.6 is 0 Å². The van der Waals surface area contributed by atoms with Crippen LogP contribution < -0.4 is 0 Å². The summed E-state index contributed by atoms with van der Waals surface area (Å²) in [6.07, 6.45) is 5.91. The van der Waals surface area contributed by atoms with E-state index in [1.54, 1.807) is 0 Å². The van der Waals surface area contributed by atoms with Gasteiger partial charge in [-0.3, -0.25) is 0 Å². The molecule has 1 aromatic rings. The molecular weight excluding hydrogens is 224 g/mol. The van der Waals surface area contributed by atoms with Crippen LogP contribution in [0.2, 0.25) is 0 Å². The van der Waals surface area contributed by atoms with Gasteiger partial charge < -0.3 is 9.47 Å². The van der Waals surface area contributed by atoms with Gasteiger partial charge in [0.1, 0.15) is 11.9 Å². The summed E-state index contributed by atoms with van der Waals surface area (Å²) >= 11 is 0. The molecule has 0 aliphatic carbocycles. The number of rotatable bonds is 1. The van der Waals surface area contributed by atoms with E-state index in [-0.39, 0.29) is 0 Å². The lowest BCUT2D eigenvalue weighted by molar-refractivity contribution is 0.242. The molecule has 18 heavy (non-hydrogen) atoms. The lowest BCUT2D eigenvalue weighted by Gasteiger charge is -2.30. The predicted octanol–water partition coefficient (Wildman–Crippen LogP) is 1.90. The number of fused-ring (bicyclic) bond motifs is 1. The number of imidazole rings is 1. The minimum Gasteiger partial charge on any atom is -0.330 e. The maximum absolute atomic E-state index is 9.22. The van der Waals surface area contributed by atoms with Gasteiger partial charge in [-0.25, -0.2) is 4.98 Å². The number of hydrogen-bond acceptors (Lipinski definition) is 3. The predicted molar refractivity (Wildman–Crippen MR) is 69.4 cm³/mol. The van der Waals surface area contributed by atoms with Gasteiger partial charge in [0.05, 0.1) is 5.69 Å². The van der Waals surface area contributed by atoms with Gasteiger partial charge in [-0.15, -0.1) is 0 Å². The largest absolute Gasteiger partial charge is 0.330 e. The van der Waals surface area contributed by atoms with Crippen molar-refractivity contribution in [1.29, 1.82) is 5.26 Å². The Balaban J connectivity index is 1.96. The Morgan fingerprint density at radius 1 is 1.28 bits per heavy atom. The molecule has 0 radical (unpaired) electrons. The van der Waals surface area contributed by atoms with Gasteiger partial charge in [-0.2, -0.15) is 5.26 Å². The summed E-state index contributed by atoms with van der Waals surface area (Å²) < 4.78 is 2.34. The van der Waals surface area contributed by atoms with Crippen LogP contribution in [0.25, 0.3) is 0 Å². The highest BCUT2D eigenvalue weighted by atomic mass is 15.1. The first kappa shape index (κ1) is 11.7. The van der Waals surface area contributed by atoms with Crippen LogP contribution in [-0.2, 0) is 13.0 Å². The molecule has 0 N–H and O–H groups in total. The summed E-state index contributed by atoms with van der Waals surface area (Å²) in [5, 5.41) is 9.22. The average Bonchev–Trinajstić information content (AvgIpc) is 2.77. The molecule has 2 aliphatic heterocycles. The second kappa shape index (κ2) is 4.74. The molecule has 0 aromatic carbocycles. The van der Waals surface area contributed by atoms with Crippen LogP contribution in [0.3, 0.4) is 0 Å². The van der Waals surface area contributed by atoms with Crippen LogP contribution in [0.1, 0.15) is 48.8 Å². The van der Waals surface area contributed by atoms with Gasteiger partial charge in [-0.05, 0) is 45.7 Å². The fraction of sp³-hybridized carbons (Fsp3) is 0.714. The topological polar surface area (TPSA) is 44.9 Å². The van der Waals surface area contributed by atoms with E-state index >= 15 is 0 Å². The number of nitrogens with zero attached hydrogens (tertiary/aromatic N) is 4. The van der Waals surface area contributed by atoms with Crippen LogP contribution in [-0.4, -0.2) is 34.6 Å². The highest BCUT2D eigenvalue weighted by Gasteiger charge is 2.27. The van der Waals surface area contributed by atoms with E-state index in [0.717, 1.165) is 19.5 Å². The molecule has 1 saturated heterocycles. The summed E-state index contributed by atoms with van der Waals surface area (Å²) in [5.41, 5.74) is 1.87. The monoisotopic (exact) mass is 244 g/mol. The van der Waals surface area contributed by atoms with Crippen molar-refractivity contribution in [2.45, 2.75) is 44.6 Å². The molecule has 1 unspecified atom stereocenters. The van der Waals surface area contributed by atoms with Crippen LogP contribution in [0, 0.1) is 11.3 Å². The Kier molecular flexibility index (Phi) is 3.09. The van der Waals surface area contributed by atoms with Crippen molar-refractivity contribution >= 4 is 0 Å². The molecule has 3 heterocycles. The van der Waals surface area contributed by atoms with Gasteiger partial charge in [0.15, 0.2) is 5.69 Å². The van der Waals surface area contributed by atoms with Crippen molar-refractivity contribution in [2.75, 3.05) is 20.1 Å². The minimum atomic E-state index is 0.516. The number of likely N-dealkylation sites (N-methyl/N-ethyl adjacent to an activating group) is 1. The summed E-state index contributed by atoms with van der Waals surface area (Å²) in [7, 11) is 2.18. The van der Waals surface area contributed by atoms with Gasteiger partial charge in [0.2, 0.25) is 0 Å². The zero-order valence-corrected chi connectivity index (χ0v) is 11.0. The highest BCUT2D eigenvalue weighted by molar-refractivity contribution is 5.31. The molecule has 1 aromatic heterocycles. The fourth-order valence-electron chi connectivity index (χ4n) is 3.35. The summed E-state index contributed by atoms with van der Waals surface area (Å²) in [5.74, 6) is 1.69. The van der Waals surface area contributed by atoms with Crippen LogP contribution in [0.4, 0.5) is 0 Å².